The third kappa shape index (κ3) is 5.49. The Morgan fingerprint density at radius 1 is 0.327 bits per heavy atom. The molecule has 9 aromatic rings. The summed E-state index contributed by atoms with van der Waals surface area (Å²) >= 11 is 0. The molecule has 0 amide bonds. The summed E-state index contributed by atoms with van der Waals surface area (Å²) in [6.45, 7) is 4.70. The summed E-state index contributed by atoms with van der Waals surface area (Å²) < 4.78 is 0. The Labute approximate surface area is 323 Å². The van der Waals surface area contributed by atoms with Gasteiger partial charge in [0, 0.05) is 38.9 Å². The molecule has 0 spiro atoms. The lowest BCUT2D eigenvalue weighted by atomic mass is 9.82. The predicted octanol–water partition coefficient (Wildman–Crippen LogP) is 14.9. The van der Waals surface area contributed by atoms with E-state index in [1.54, 1.807) is 0 Å². The number of fused-ring (bicyclic) bond motifs is 5. The van der Waals surface area contributed by atoms with Gasteiger partial charge in [0.25, 0.3) is 0 Å². The van der Waals surface area contributed by atoms with Crippen molar-refractivity contribution in [2.75, 3.05) is 9.80 Å². The van der Waals surface area contributed by atoms with Crippen molar-refractivity contribution in [1.82, 2.24) is 0 Å². The van der Waals surface area contributed by atoms with Crippen molar-refractivity contribution in [3.63, 3.8) is 0 Å². The van der Waals surface area contributed by atoms with Crippen molar-refractivity contribution in [2.24, 2.45) is 0 Å². The monoisotopic (exact) mass is 704 g/mol. The largest absolute Gasteiger partial charge is 0.310 e. The molecule has 10 rings (SSSR count). The average Bonchev–Trinajstić information content (AvgIpc) is 3.47. The van der Waals surface area contributed by atoms with Crippen LogP contribution in [0.1, 0.15) is 25.0 Å². The first-order valence-corrected chi connectivity index (χ1v) is 19.1. The van der Waals surface area contributed by atoms with Gasteiger partial charge in [-0.3, -0.25) is 0 Å². The third-order valence-electron chi connectivity index (χ3n) is 11.4. The van der Waals surface area contributed by atoms with Crippen LogP contribution in [0.3, 0.4) is 0 Å². The highest BCUT2D eigenvalue weighted by molar-refractivity contribution is 6.07. The number of benzene rings is 9. The lowest BCUT2D eigenvalue weighted by Gasteiger charge is -2.29. The summed E-state index contributed by atoms with van der Waals surface area (Å²) in [6.07, 6.45) is 0. The maximum Gasteiger partial charge on any atom is 0.0540 e. The second-order valence-electron chi connectivity index (χ2n) is 15.0. The van der Waals surface area contributed by atoms with Crippen LogP contribution in [0.4, 0.5) is 34.1 Å². The van der Waals surface area contributed by atoms with Gasteiger partial charge in [-0.1, -0.05) is 159 Å². The highest BCUT2D eigenvalue weighted by atomic mass is 15.1. The fourth-order valence-electron chi connectivity index (χ4n) is 8.76. The van der Waals surface area contributed by atoms with Crippen molar-refractivity contribution in [3.8, 4) is 22.3 Å². The second kappa shape index (κ2) is 13.2. The van der Waals surface area contributed by atoms with Gasteiger partial charge >= 0.3 is 0 Å². The minimum Gasteiger partial charge on any atom is -0.310 e. The molecule has 0 saturated heterocycles. The molecule has 0 aromatic heterocycles. The van der Waals surface area contributed by atoms with Crippen LogP contribution in [0.15, 0.2) is 206 Å². The number of nitrogens with zero attached hydrogens (tertiary/aromatic N) is 2. The standard InChI is InChI=1S/C53H40N2/c1-53(2)49-26-14-13-24-46(49)47-33-32-42(36-50(47)53)55(40-20-7-4-8-21-40)52-35-34-43(45-23-11-12-25-48(45)52)38-28-30-41(31-29-38)54(39-18-5-3-6-19-39)51-27-15-17-37-16-9-10-22-44(37)51/h3-36H,1-2H3. The van der Waals surface area contributed by atoms with Crippen LogP contribution in [0.25, 0.3) is 43.8 Å². The van der Waals surface area contributed by atoms with Crippen LogP contribution in [-0.2, 0) is 5.41 Å². The van der Waals surface area contributed by atoms with Crippen LogP contribution in [0, 0.1) is 0 Å². The van der Waals surface area contributed by atoms with Gasteiger partial charge in [0.05, 0.1) is 11.4 Å². The quantitative estimate of drug-likeness (QED) is 0.163. The van der Waals surface area contributed by atoms with E-state index in [1.165, 1.54) is 54.9 Å². The Hall–Kier alpha value is -6.90. The molecule has 55 heavy (non-hydrogen) atoms. The zero-order valence-electron chi connectivity index (χ0n) is 31.0. The van der Waals surface area contributed by atoms with Gasteiger partial charge in [0.1, 0.15) is 0 Å². The zero-order valence-corrected chi connectivity index (χ0v) is 31.0. The summed E-state index contributed by atoms with van der Waals surface area (Å²) in [5.41, 5.74) is 14.6. The number of hydrogen-bond acceptors (Lipinski definition) is 2. The molecular weight excluding hydrogens is 665 g/mol. The SMILES string of the molecule is CC1(C)c2ccccc2-c2ccc(N(c3ccccc3)c3ccc(-c4ccc(N(c5ccccc5)c5cccc6ccccc56)cc4)c4ccccc34)cc21. The molecule has 0 unspecified atom stereocenters. The average molecular weight is 705 g/mol. The van der Waals surface area contributed by atoms with E-state index < -0.39 is 0 Å². The van der Waals surface area contributed by atoms with E-state index in [2.05, 4.69) is 230 Å². The Morgan fingerprint density at radius 2 is 0.836 bits per heavy atom. The van der Waals surface area contributed by atoms with Gasteiger partial charge in [-0.15, -0.1) is 0 Å². The molecule has 0 N–H and O–H groups in total. The Balaban J connectivity index is 1.08. The van der Waals surface area contributed by atoms with E-state index in [1.807, 2.05) is 0 Å². The minimum absolute atomic E-state index is 0.0912. The lowest BCUT2D eigenvalue weighted by Crippen LogP contribution is -2.16. The highest BCUT2D eigenvalue weighted by Gasteiger charge is 2.35. The van der Waals surface area contributed by atoms with Crippen molar-refractivity contribution in [3.05, 3.63) is 217 Å². The predicted molar refractivity (Wildman–Crippen MR) is 234 cm³/mol. The number of anilines is 6. The van der Waals surface area contributed by atoms with Crippen molar-refractivity contribution in [2.45, 2.75) is 19.3 Å². The molecule has 262 valence electrons. The summed E-state index contributed by atoms with van der Waals surface area (Å²) in [4.78, 5) is 4.79. The second-order valence-corrected chi connectivity index (χ2v) is 15.0. The molecule has 1 aliphatic carbocycles. The van der Waals surface area contributed by atoms with Gasteiger partial charge in [-0.25, -0.2) is 0 Å². The Kier molecular flexibility index (Phi) is 7.85. The molecule has 0 fully saturated rings. The van der Waals surface area contributed by atoms with Crippen molar-refractivity contribution >= 4 is 55.7 Å². The first-order chi connectivity index (χ1) is 27.1. The van der Waals surface area contributed by atoms with Crippen LogP contribution in [-0.4, -0.2) is 0 Å². The highest BCUT2D eigenvalue weighted by Crippen LogP contribution is 2.51. The summed E-state index contributed by atoms with van der Waals surface area (Å²) in [5.74, 6) is 0. The number of para-hydroxylation sites is 2. The summed E-state index contributed by atoms with van der Waals surface area (Å²) in [6, 6.07) is 75.0. The van der Waals surface area contributed by atoms with Gasteiger partial charge in [-0.05, 0) is 105 Å². The Bertz CT molecular complexity index is 2830. The summed E-state index contributed by atoms with van der Waals surface area (Å²) in [5, 5.41) is 4.87. The normalized spacial score (nSPS) is 12.7. The topological polar surface area (TPSA) is 6.48 Å². The van der Waals surface area contributed by atoms with Crippen molar-refractivity contribution in [1.29, 1.82) is 0 Å². The van der Waals surface area contributed by atoms with Gasteiger partial charge < -0.3 is 9.80 Å². The molecule has 2 nitrogen and oxygen atoms in total. The van der Waals surface area contributed by atoms with Gasteiger partial charge in [0.2, 0.25) is 0 Å². The lowest BCUT2D eigenvalue weighted by molar-refractivity contribution is 0.660. The molecule has 0 saturated carbocycles. The number of rotatable bonds is 7. The fourth-order valence-corrected chi connectivity index (χ4v) is 8.76. The molecule has 0 bridgehead atoms. The van der Waals surface area contributed by atoms with E-state index in [4.69, 9.17) is 0 Å². The van der Waals surface area contributed by atoms with E-state index >= 15 is 0 Å². The first-order valence-electron chi connectivity index (χ1n) is 19.1. The van der Waals surface area contributed by atoms with E-state index in [0.29, 0.717) is 0 Å². The molecular formula is C53H40N2. The van der Waals surface area contributed by atoms with Gasteiger partial charge in [-0.2, -0.15) is 0 Å². The zero-order chi connectivity index (χ0) is 36.9. The number of hydrogen-bond donors (Lipinski definition) is 0. The van der Waals surface area contributed by atoms with E-state index in [9.17, 15) is 0 Å². The third-order valence-corrected chi connectivity index (χ3v) is 11.4. The molecule has 0 heterocycles. The molecule has 0 atom stereocenters. The van der Waals surface area contributed by atoms with Crippen LogP contribution >= 0.6 is 0 Å². The van der Waals surface area contributed by atoms with Gasteiger partial charge in [0.15, 0.2) is 0 Å². The van der Waals surface area contributed by atoms with E-state index in [0.717, 1.165) is 34.1 Å². The van der Waals surface area contributed by atoms with E-state index in [-0.39, 0.29) is 5.41 Å². The molecule has 9 aromatic carbocycles. The smallest absolute Gasteiger partial charge is 0.0540 e. The van der Waals surface area contributed by atoms with Crippen molar-refractivity contribution < 1.29 is 0 Å². The molecule has 2 heteroatoms. The first kappa shape index (κ1) is 32.7. The van der Waals surface area contributed by atoms with Crippen LogP contribution in [0.5, 0.6) is 0 Å². The Morgan fingerprint density at radius 3 is 1.58 bits per heavy atom. The minimum atomic E-state index is -0.0912. The molecule has 0 aliphatic heterocycles. The maximum absolute atomic E-state index is 2.43. The van der Waals surface area contributed by atoms with Crippen LogP contribution < -0.4 is 9.80 Å². The fraction of sp³-hybridized carbons (Fsp3) is 0.0566. The molecule has 1 aliphatic rings. The van der Waals surface area contributed by atoms with Crippen LogP contribution in [0.2, 0.25) is 0 Å². The summed E-state index contributed by atoms with van der Waals surface area (Å²) in [7, 11) is 0. The molecule has 0 radical (unpaired) electrons. The maximum atomic E-state index is 2.43.